The number of methoxy groups -OCH3 is 2. The van der Waals surface area contributed by atoms with E-state index in [-0.39, 0.29) is 5.91 Å². The first kappa shape index (κ1) is 19.4. The van der Waals surface area contributed by atoms with Crippen molar-refractivity contribution in [2.24, 2.45) is 0 Å². The summed E-state index contributed by atoms with van der Waals surface area (Å²) in [7, 11) is 3.16. The van der Waals surface area contributed by atoms with Gasteiger partial charge in [-0.3, -0.25) is 4.79 Å². The summed E-state index contributed by atoms with van der Waals surface area (Å²) in [5.74, 6) is 1.91. The predicted octanol–water partition coefficient (Wildman–Crippen LogP) is 3.53. The van der Waals surface area contributed by atoms with Crippen LogP contribution in [0.5, 0.6) is 17.2 Å². The maximum Gasteiger partial charge on any atom is 0.244 e. The zero-order valence-electron chi connectivity index (χ0n) is 15.7. The van der Waals surface area contributed by atoms with Crippen LogP contribution in [-0.4, -0.2) is 33.3 Å². The van der Waals surface area contributed by atoms with Gasteiger partial charge in [0.25, 0.3) is 0 Å². The number of amides is 1. The van der Waals surface area contributed by atoms with Crippen LogP contribution in [0.3, 0.4) is 0 Å². The molecule has 2 aromatic rings. The van der Waals surface area contributed by atoms with Crippen LogP contribution in [0, 0.1) is 13.8 Å². The third kappa shape index (κ3) is 5.84. The Hall–Kier alpha value is -2.95. The van der Waals surface area contributed by atoms with Crippen LogP contribution in [0.1, 0.15) is 16.7 Å². The van der Waals surface area contributed by atoms with Crippen LogP contribution in [0.25, 0.3) is 6.08 Å². The van der Waals surface area contributed by atoms with Gasteiger partial charge in [-0.25, -0.2) is 0 Å². The maximum atomic E-state index is 11.9. The summed E-state index contributed by atoms with van der Waals surface area (Å²) in [5, 5.41) is 2.80. The highest BCUT2D eigenvalue weighted by Gasteiger charge is 2.03. The Morgan fingerprint density at radius 3 is 2.35 bits per heavy atom. The molecular formula is C21H25NO4. The minimum absolute atomic E-state index is 0.177. The minimum atomic E-state index is -0.177. The SMILES string of the molecule is COc1ccc(/C=C/C(=O)NCCOc2cc(C)cc(C)c2)cc1OC. The van der Waals surface area contributed by atoms with Crippen molar-refractivity contribution in [3.63, 3.8) is 0 Å². The highest BCUT2D eigenvalue weighted by atomic mass is 16.5. The second kappa shape index (κ2) is 9.51. The largest absolute Gasteiger partial charge is 0.493 e. The lowest BCUT2D eigenvalue weighted by Crippen LogP contribution is -2.26. The predicted molar refractivity (Wildman–Crippen MR) is 103 cm³/mol. The van der Waals surface area contributed by atoms with E-state index in [2.05, 4.69) is 11.4 Å². The first-order valence-corrected chi connectivity index (χ1v) is 8.41. The Morgan fingerprint density at radius 2 is 1.69 bits per heavy atom. The fourth-order valence-electron chi connectivity index (χ4n) is 2.55. The number of hydrogen-bond acceptors (Lipinski definition) is 4. The molecule has 0 aliphatic heterocycles. The summed E-state index contributed by atoms with van der Waals surface area (Å²) in [6.45, 7) is 4.90. The molecule has 0 aliphatic rings. The number of carbonyl (C=O) groups is 1. The van der Waals surface area contributed by atoms with E-state index in [1.165, 1.54) is 6.08 Å². The van der Waals surface area contributed by atoms with Gasteiger partial charge in [-0.05, 0) is 60.9 Å². The van der Waals surface area contributed by atoms with Gasteiger partial charge in [0.2, 0.25) is 5.91 Å². The molecule has 5 nitrogen and oxygen atoms in total. The van der Waals surface area contributed by atoms with E-state index >= 15 is 0 Å². The molecule has 0 spiro atoms. The summed E-state index contributed by atoms with van der Waals surface area (Å²) in [5.41, 5.74) is 3.16. The normalized spacial score (nSPS) is 10.6. The molecule has 2 aromatic carbocycles. The first-order chi connectivity index (χ1) is 12.5. The summed E-state index contributed by atoms with van der Waals surface area (Å²) in [6, 6.07) is 11.5. The molecule has 0 saturated carbocycles. The van der Waals surface area contributed by atoms with Crippen LogP contribution >= 0.6 is 0 Å². The molecule has 138 valence electrons. The average molecular weight is 355 g/mol. The summed E-state index contributed by atoms with van der Waals surface area (Å²) in [4.78, 5) is 11.9. The Bertz CT molecular complexity index is 763. The van der Waals surface area contributed by atoms with E-state index in [4.69, 9.17) is 14.2 Å². The zero-order chi connectivity index (χ0) is 18.9. The molecule has 0 aromatic heterocycles. The Labute approximate surface area is 154 Å². The summed E-state index contributed by atoms with van der Waals surface area (Å²) < 4.78 is 16.1. The van der Waals surface area contributed by atoms with Gasteiger partial charge in [0, 0.05) is 6.08 Å². The molecule has 0 aliphatic carbocycles. The van der Waals surface area contributed by atoms with Gasteiger partial charge in [-0.2, -0.15) is 0 Å². The Kier molecular flexibility index (Phi) is 7.09. The smallest absolute Gasteiger partial charge is 0.244 e. The van der Waals surface area contributed by atoms with E-state index in [1.54, 1.807) is 26.4 Å². The van der Waals surface area contributed by atoms with E-state index in [0.717, 1.165) is 22.4 Å². The van der Waals surface area contributed by atoms with E-state index in [9.17, 15) is 4.79 Å². The highest BCUT2D eigenvalue weighted by molar-refractivity contribution is 5.91. The minimum Gasteiger partial charge on any atom is -0.493 e. The molecule has 5 heteroatoms. The molecule has 0 saturated heterocycles. The third-order valence-corrected chi connectivity index (χ3v) is 3.70. The fraction of sp³-hybridized carbons (Fsp3) is 0.286. The van der Waals surface area contributed by atoms with Crippen molar-refractivity contribution in [3.05, 3.63) is 59.2 Å². The number of ether oxygens (including phenoxy) is 3. The molecule has 0 bridgehead atoms. The number of aryl methyl sites for hydroxylation is 2. The summed E-state index contributed by atoms with van der Waals surface area (Å²) >= 11 is 0. The first-order valence-electron chi connectivity index (χ1n) is 8.41. The monoisotopic (exact) mass is 355 g/mol. The second-order valence-electron chi connectivity index (χ2n) is 5.91. The van der Waals surface area contributed by atoms with Gasteiger partial charge in [-0.15, -0.1) is 0 Å². The topological polar surface area (TPSA) is 56.8 Å². The molecule has 1 amide bonds. The third-order valence-electron chi connectivity index (χ3n) is 3.70. The maximum absolute atomic E-state index is 11.9. The lowest BCUT2D eigenvalue weighted by atomic mass is 10.1. The van der Waals surface area contributed by atoms with Crippen molar-refractivity contribution < 1.29 is 19.0 Å². The number of benzene rings is 2. The molecule has 26 heavy (non-hydrogen) atoms. The molecule has 0 unspecified atom stereocenters. The Morgan fingerprint density at radius 1 is 1.00 bits per heavy atom. The van der Waals surface area contributed by atoms with Crippen LogP contribution in [-0.2, 0) is 4.79 Å². The van der Waals surface area contributed by atoms with Gasteiger partial charge in [0.05, 0.1) is 20.8 Å². The number of nitrogens with one attached hydrogen (secondary N) is 1. The lowest BCUT2D eigenvalue weighted by Gasteiger charge is -2.09. The fourth-order valence-corrected chi connectivity index (χ4v) is 2.55. The standard InChI is InChI=1S/C21H25NO4/c1-15-11-16(2)13-18(12-15)26-10-9-22-21(23)8-6-17-5-7-19(24-3)20(14-17)25-4/h5-8,11-14H,9-10H2,1-4H3,(H,22,23)/b8-6+. The van der Waals surface area contributed by atoms with Crippen LogP contribution in [0.4, 0.5) is 0 Å². The lowest BCUT2D eigenvalue weighted by molar-refractivity contribution is -0.116. The van der Waals surface area contributed by atoms with Crippen molar-refractivity contribution in [3.8, 4) is 17.2 Å². The van der Waals surface area contributed by atoms with Crippen LogP contribution in [0.2, 0.25) is 0 Å². The van der Waals surface area contributed by atoms with Crippen LogP contribution in [0.15, 0.2) is 42.5 Å². The van der Waals surface area contributed by atoms with Gasteiger partial charge in [-0.1, -0.05) is 12.1 Å². The highest BCUT2D eigenvalue weighted by Crippen LogP contribution is 2.27. The van der Waals surface area contributed by atoms with Crippen molar-refractivity contribution in [2.75, 3.05) is 27.4 Å². The zero-order valence-corrected chi connectivity index (χ0v) is 15.7. The van der Waals surface area contributed by atoms with Gasteiger partial charge in [0.15, 0.2) is 11.5 Å². The second-order valence-corrected chi connectivity index (χ2v) is 5.91. The molecule has 1 N–H and O–H groups in total. The van der Waals surface area contributed by atoms with Crippen LogP contribution < -0.4 is 19.5 Å². The molecule has 0 radical (unpaired) electrons. The molecule has 0 fully saturated rings. The van der Waals surface area contributed by atoms with Gasteiger partial charge >= 0.3 is 0 Å². The summed E-state index contributed by atoms with van der Waals surface area (Å²) in [6.07, 6.45) is 3.21. The average Bonchev–Trinajstić information content (AvgIpc) is 2.62. The van der Waals surface area contributed by atoms with Gasteiger partial charge in [0.1, 0.15) is 12.4 Å². The number of rotatable bonds is 8. The van der Waals surface area contributed by atoms with Crippen molar-refractivity contribution >= 4 is 12.0 Å². The molecule has 0 heterocycles. The Balaban J connectivity index is 1.80. The van der Waals surface area contributed by atoms with E-state index in [1.807, 2.05) is 38.1 Å². The molecule has 2 rings (SSSR count). The number of carbonyl (C=O) groups excluding carboxylic acids is 1. The molecular weight excluding hydrogens is 330 g/mol. The quantitative estimate of drug-likeness (QED) is 0.581. The van der Waals surface area contributed by atoms with Gasteiger partial charge < -0.3 is 19.5 Å². The van der Waals surface area contributed by atoms with Crippen molar-refractivity contribution in [2.45, 2.75) is 13.8 Å². The van der Waals surface area contributed by atoms with E-state index < -0.39 is 0 Å². The number of hydrogen-bond donors (Lipinski definition) is 1. The van der Waals surface area contributed by atoms with Crippen molar-refractivity contribution in [1.82, 2.24) is 5.32 Å². The van der Waals surface area contributed by atoms with E-state index in [0.29, 0.717) is 24.7 Å². The van der Waals surface area contributed by atoms with Crippen molar-refractivity contribution in [1.29, 1.82) is 0 Å². The molecule has 0 atom stereocenters.